The van der Waals surface area contributed by atoms with E-state index >= 15 is 0 Å². The van der Waals surface area contributed by atoms with Gasteiger partial charge in [0, 0.05) is 19.7 Å². The second kappa shape index (κ2) is 9.33. The third-order valence-electron chi connectivity index (χ3n) is 3.66. The number of anilines is 1. The molecule has 0 radical (unpaired) electrons. The first-order valence-electron chi connectivity index (χ1n) is 8.01. The summed E-state index contributed by atoms with van der Waals surface area (Å²) >= 11 is 5.54. The van der Waals surface area contributed by atoms with Gasteiger partial charge < -0.3 is 19.7 Å². The Bertz CT molecular complexity index is 553. The Balaban J connectivity index is 2.02. The quantitative estimate of drug-likeness (QED) is 0.774. The van der Waals surface area contributed by atoms with Crippen molar-refractivity contribution in [2.24, 2.45) is 0 Å². The number of nitriles is 1. The van der Waals surface area contributed by atoms with Gasteiger partial charge in [0.1, 0.15) is 5.75 Å². The first-order chi connectivity index (χ1) is 11.2. The van der Waals surface area contributed by atoms with Crippen LogP contribution in [0.1, 0.15) is 26.2 Å². The summed E-state index contributed by atoms with van der Waals surface area (Å²) < 4.78 is 11.3. The fourth-order valence-corrected chi connectivity index (χ4v) is 2.82. The molecule has 0 bridgehead atoms. The van der Waals surface area contributed by atoms with Gasteiger partial charge in [-0.3, -0.25) is 0 Å². The van der Waals surface area contributed by atoms with Crippen LogP contribution in [0, 0.1) is 11.3 Å². The number of thiocarbonyl (C=S) groups is 1. The summed E-state index contributed by atoms with van der Waals surface area (Å²) in [6.07, 6.45) is 2.75. The SMILES string of the molecule is CCOc1ccccc1NC(=S)N(CCC#N)CC1CCCO1. The minimum Gasteiger partial charge on any atom is -0.492 e. The molecule has 0 saturated carbocycles. The predicted molar refractivity (Wildman–Crippen MR) is 94.6 cm³/mol. The average molecular weight is 333 g/mol. The molecule has 6 heteroatoms. The van der Waals surface area contributed by atoms with Crippen molar-refractivity contribution in [3.8, 4) is 11.8 Å². The lowest BCUT2D eigenvalue weighted by Crippen LogP contribution is -2.40. The molecular formula is C17H23N3O2S. The van der Waals surface area contributed by atoms with E-state index in [1.165, 1.54) is 0 Å². The highest BCUT2D eigenvalue weighted by Gasteiger charge is 2.21. The van der Waals surface area contributed by atoms with Crippen LogP contribution in [0.15, 0.2) is 24.3 Å². The Hall–Kier alpha value is -1.84. The fourth-order valence-electron chi connectivity index (χ4n) is 2.54. The van der Waals surface area contributed by atoms with Crippen LogP contribution in [0.25, 0.3) is 0 Å². The summed E-state index contributed by atoms with van der Waals surface area (Å²) in [6.45, 7) is 4.67. The summed E-state index contributed by atoms with van der Waals surface area (Å²) in [7, 11) is 0. The van der Waals surface area contributed by atoms with Crippen molar-refractivity contribution in [3.05, 3.63) is 24.3 Å². The molecular weight excluding hydrogens is 310 g/mol. The van der Waals surface area contributed by atoms with Crippen LogP contribution in [-0.4, -0.2) is 42.4 Å². The van der Waals surface area contributed by atoms with E-state index in [9.17, 15) is 0 Å². The molecule has 1 aromatic carbocycles. The first-order valence-corrected chi connectivity index (χ1v) is 8.41. The van der Waals surface area contributed by atoms with Crippen LogP contribution in [0.4, 0.5) is 5.69 Å². The summed E-state index contributed by atoms with van der Waals surface area (Å²) in [5.41, 5.74) is 0.841. The van der Waals surface area contributed by atoms with Crippen LogP contribution in [0.5, 0.6) is 5.75 Å². The molecule has 1 aliphatic heterocycles. The molecule has 0 amide bonds. The maximum absolute atomic E-state index is 8.87. The molecule has 0 aromatic heterocycles. The minimum absolute atomic E-state index is 0.190. The number of rotatable bonds is 7. The zero-order valence-corrected chi connectivity index (χ0v) is 14.3. The van der Waals surface area contributed by atoms with E-state index in [1.54, 1.807) is 0 Å². The highest BCUT2D eigenvalue weighted by Crippen LogP contribution is 2.24. The van der Waals surface area contributed by atoms with Crippen LogP contribution in [-0.2, 0) is 4.74 Å². The van der Waals surface area contributed by atoms with Crippen LogP contribution in [0.2, 0.25) is 0 Å². The smallest absolute Gasteiger partial charge is 0.173 e. The Labute approximate surface area is 143 Å². The van der Waals surface area contributed by atoms with Gasteiger partial charge in [0.05, 0.1) is 30.9 Å². The number of benzene rings is 1. The number of nitrogens with one attached hydrogen (secondary N) is 1. The molecule has 1 fully saturated rings. The van der Waals surface area contributed by atoms with Crippen LogP contribution < -0.4 is 10.1 Å². The Morgan fingerprint density at radius 3 is 3.04 bits per heavy atom. The molecule has 1 heterocycles. The van der Waals surface area contributed by atoms with Crippen molar-refractivity contribution in [2.75, 3.05) is 31.6 Å². The average Bonchev–Trinajstić information content (AvgIpc) is 3.06. The largest absolute Gasteiger partial charge is 0.492 e. The van der Waals surface area contributed by atoms with Gasteiger partial charge in [-0.1, -0.05) is 12.1 Å². The van der Waals surface area contributed by atoms with Crippen LogP contribution >= 0.6 is 12.2 Å². The molecule has 1 aromatic rings. The lowest BCUT2D eigenvalue weighted by molar-refractivity contribution is 0.0922. The monoisotopic (exact) mass is 333 g/mol. The highest BCUT2D eigenvalue weighted by molar-refractivity contribution is 7.80. The molecule has 2 rings (SSSR count). The topological polar surface area (TPSA) is 57.5 Å². The Kier molecular flexibility index (Phi) is 7.11. The van der Waals surface area contributed by atoms with Gasteiger partial charge in [-0.15, -0.1) is 0 Å². The minimum atomic E-state index is 0.190. The summed E-state index contributed by atoms with van der Waals surface area (Å²) in [6, 6.07) is 9.89. The van der Waals surface area contributed by atoms with Crippen LogP contribution in [0.3, 0.4) is 0 Å². The summed E-state index contributed by atoms with van der Waals surface area (Å²) in [5.74, 6) is 0.773. The third kappa shape index (κ3) is 5.38. The van der Waals surface area contributed by atoms with Gasteiger partial charge in [-0.25, -0.2) is 0 Å². The maximum Gasteiger partial charge on any atom is 0.173 e. The number of hydrogen-bond donors (Lipinski definition) is 1. The zero-order valence-electron chi connectivity index (χ0n) is 13.5. The van der Waals surface area contributed by atoms with Gasteiger partial charge in [-0.05, 0) is 44.1 Å². The molecule has 0 spiro atoms. The molecule has 124 valence electrons. The van der Waals surface area contributed by atoms with Crippen molar-refractivity contribution in [2.45, 2.75) is 32.3 Å². The van der Waals surface area contributed by atoms with Crippen molar-refractivity contribution < 1.29 is 9.47 Å². The predicted octanol–water partition coefficient (Wildman–Crippen LogP) is 3.18. The van der Waals surface area contributed by atoms with Gasteiger partial charge in [-0.2, -0.15) is 5.26 Å². The number of para-hydroxylation sites is 2. The molecule has 1 saturated heterocycles. The van der Waals surface area contributed by atoms with Gasteiger partial charge >= 0.3 is 0 Å². The number of ether oxygens (including phenoxy) is 2. The highest BCUT2D eigenvalue weighted by atomic mass is 32.1. The first kappa shape index (κ1) is 17.5. The van der Waals surface area contributed by atoms with E-state index in [-0.39, 0.29) is 6.10 Å². The molecule has 1 unspecified atom stereocenters. The van der Waals surface area contributed by atoms with Gasteiger partial charge in [0.25, 0.3) is 0 Å². The van der Waals surface area contributed by atoms with Crippen molar-refractivity contribution in [3.63, 3.8) is 0 Å². The molecule has 1 N–H and O–H groups in total. The third-order valence-corrected chi connectivity index (χ3v) is 4.02. The molecule has 5 nitrogen and oxygen atoms in total. The molecule has 1 atom stereocenters. The zero-order chi connectivity index (χ0) is 16.5. The van der Waals surface area contributed by atoms with E-state index in [1.807, 2.05) is 36.1 Å². The lowest BCUT2D eigenvalue weighted by Gasteiger charge is -2.28. The van der Waals surface area contributed by atoms with E-state index in [4.69, 9.17) is 27.0 Å². The van der Waals surface area contributed by atoms with Crippen molar-refractivity contribution in [1.82, 2.24) is 4.90 Å². The van der Waals surface area contributed by atoms with E-state index in [0.717, 1.165) is 30.9 Å². The molecule has 1 aliphatic rings. The van der Waals surface area contributed by atoms with Gasteiger partial charge in [0.15, 0.2) is 5.11 Å². The fraction of sp³-hybridized carbons (Fsp3) is 0.529. The van der Waals surface area contributed by atoms with Crippen molar-refractivity contribution in [1.29, 1.82) is 5.26 Å². The summed E-state index contributed by atoms with van der Waals surface area (Å²) in [4.78, 5) is 2.01. The Morgan fingerprint density at radius 2 is 2.35 bits per heavy atom. The summed E-state index contributed by atoms with van der Waals surface area (Å²) in [5, 5.41) is 12.7. The number of hydrogen-bond acceptors (Lipinski definition) is 4. The van der Waals surface area contributed by atoms with E-state index in [2.05, 4.69) is 11.4 Å². The van der Waals surface area contributed by atoms with E-state index < -0.39 is 0 Å². The maximum atomic E-state index is 8.87. The van der Waals surface area contributed by atoms with Crippen molar-refractivity contribution >= 4 is 23.0 Å². The number of nitrogens with zero attached hydrogens (tertiary/aromatic N) is 2. The lowest BCUT2D eigenvalue weighted by atomic mass is 10.2. The molecule has 0 aliphatic carbocycles. The Morgan fingerprint density at radius 1 is 1.52 bits per heavy atom. The normalized spacial score (nSPS) is 16.6. The van der Waals surface area contributed by atoms with E-state index in [0.29, 0.717) is 31.2 Å². The second-order valence-electron chi connectivity index (χ2n) is 5.35. The second-order valence-corrected chi connectivity index (χ2v) is 5.74. The standard InChI is InChI=1S/C17H23N3O2S/c1-2-21-16-9-4-3-8-15(16)19-17(23)20(11-6-10-18)13-14-7-5-12-22-14/h3-4,8-9,14H,2,5-7,11-13H2,1H3,(H,19,23). The van der Waals surface area contributed by atoms with Gasteiger partial charge in [0.2, 0.25) is 0 Å². The molecule has 23 heavy (non-hydrogen) atoms.